The van der Waals surface area contributed by atoms with Crippen LogP contribution < -0.4 is 10.6 Å². The molecule has 0 saturated carbocycles. The summed E-state index contributed by atoms with van der Waals surface area (Å²) in [7, 11) is 0. The van der Waals surface area contributed by atoms with E-state index in [1.807, 2.05) is 60.7 Å². The molecule has 3 aromatic carbocycles. The van der Waals surface area contributed by atoms with E-state index in [4.69, 9.17) is 11.6 Å². The zero-order valence-electron chi connectivity index (χ0n) is 17.5. The van der Waals surface area contributed by atoms with Crippen LogP contribution in [0.4, 0.5) is 11.4 Å². The molecule has 0 saturated heterocycles. The molecule has 160 valence electrons. The van der Waals surface area contributed by atoms with Crippen molar-refractivity contribution in [1.82, 2.24) is 0 Å². The molecular weight excluding hydrogens is 428 g/mol. The summed E-state index contributed by atoms with van der Waals surface area (Å²) in [6.45, 7) is 4.27. The Balaban J connectivity index is 1.49. The van der Waals surface area contributed by atoms with Crippen molar-refractivity contribution in [2.45, 2.75) is 31.1 Å². The molecule has 0 aliphatic rings. The summed E-state index contributed by atoms with van der Waals surface area (Å²) in [6.07, 6.45) is 0.270. The molecule has 4 nitrogen and oxygen atoms in total. The summed E-state index contributed by atoms with van der Waals surface area (Å²) >= 11 is 7.30. The molecule has 0 aliphatic carbocycles. The summed E-state index contributed by atoms with van der Waals surface area (Å²) < 4.78 is 0. The van der Waals surface area contributed by atoms with Crippen molar-refractivity contribution in [3.8, 4) is 0 Å². The maximum atomic E-state index is 12.3. The fourth-order valence-electron chi connectivity index (χ4n) is 2.95. The predicted octanol–water partition coefficient (Wildman–Crippen LogP) is 6.38. The van der Waals surface area contributed by atoms with Crippen LogP contribution in [-0.2, 0) is 16.0 Å². The first-order chi connectivity index (χ1) is 14.9. The number of amides is 2. The average Bonchev–Trinajstić information content (AvgIpc) is 2.74. The van der Waals surface area contributed by atoms with Crippen LogP contribution >= 0.6 is 23.4 Å². The van der Waals surface area contributed by atoms with Crippen LogP contribution in [0.25, 0.3) is 0 Å². The van der Waals surface area contributed by atoms with E-state index in [-0.39, 0.29) is 24.0 Å². The Labute approximate surface area is 192 Å². The van der Waals surface area contributed by atoms with Crippen molar-refractivity contribution < 1.29 is 9.59 Å². The Morgan fingerprint density at radius 2 is 1.55 bits per heavy atom. The van der Waals surface area contributed by atoms with Crippen LogP contribution in [0.5, 0.6) is 0 Å². The van der Waals surface area contributed by atoms with E-state index >= 15 is 0 Å². The Kier molecular flexibility index (Phi) is 8.15. The molecule has 2 amide bonds. The van der Waals surface area contributed by atoms with Gasteiger partial charge in [0, 0.05) is 21.3 Å². The zero-order chi connectivity index (χ0) is 22.2. The van der Waals surface area contributed by atoms with Gasteiger partial charge in [-0.1, -0.05) is 55.8 Å². The molecule has 3 rings (SSSR count). The molecule has 2 N–H and O–H groups in total. The summed E-state index contributed by atoms with van der Waals surface area (Å²) in [5.74, 6) is 0.569. The normalized spacial score (nSPS) is 10.7. The number of nitrogens with one attached hydrogen (secondary N) is 2. The predicted molar refractivity (Wildman–Crippen MR) is 130 cm³/mol. The lowest BCUT2D eigenvalue weighted by molar-refractivity contribution is -0.115. The maximum absolute atomic E-state index is 12.3. The first-order valence-corrected chi connectivity index (χ1v) is 11.4. The van der Waals surface area contributed by atoms with Crippen molar-refractivity contribution in [2.24, 2.45) is 0 Å². The highest BCUT2D eigenvalue weighted by Gasteiger charge is 2.08. The molecule has 0 unspecified atom stereocenters. The highest BCUT2D eigenvalue weighted by molar-refractivity contribution is 8.00. The number of halogens is 1. The third-order valence-corrected chi connectivity index (χ3v) is 5.87. The standard InChI is InChI=1S/C25H25ClN2O2S/c1-17(2)19-8-12-21(13-9-19)27-25(30)16-31-23-5-3-4-22(15-23)28-24(29)14-18-6-10-20(26)11-7-18/h3-13,15,17H,14,16H2,1-2H3,(H,27,30)(H,28,29). The Bertz CT molecular complexity index is 1030. The average molecular weight is 453 g/mol. The summed E-state index contributed by atoms with van der Waals surface area (Å²) in [5.41, 5.74) is 3.62. The molecule has 0 aromatic heterocycles. The molecule has 3 aromatic rings. The fourth-order valence-corrected chi connectivity index (χ4v) is 3.83. The highest BCUT2D eigenvalue weighted by Crippen LogP contribution is 2.23. The lowest BCUT2D eigenvalue weighted by Gasteiger charge is -2.09. The second kappa shape index (κ2) is 11.0. The van der Waals surface area contributed by atoms with E-state index in [0.717, 1.165) is 16.1 Å². The SMILES string of the molecule is CC(C)c1ccc(NC(=O)CSc2cccc(NC(=O)Cc3ccc(Cl)cc3)c2)cc1. The van der Waals surface area contributed by atoms with Gasteiger partial charge in [-0.05, 0) is 59.5 Å². The van der Waals surface area contributed by atoms with Crippen molar-refractivity contribution in [1.29, 1.82) is 0 Å². The monoisotopic (exact) mass is 452 g/mol. The van der Waals surface area contributed by atoms with E-state index in [9.17, 15) is 9.59 Å². The van der Waals surface area contributed by atoms with Gasteiger partial charge in [0.15, 0.2) is 0 Å². The van der Waals surface area contributed by atoms with Crippen molar-refractivity contribution in [3.63, 3.8) is 0 Å². The smallest absolute Gasteiger partial charge is 0.234 e. The van der Waals surface area contributed by atoms with E-state index in [0.29, 0.717) is 16.6 Å². The van der Waals surface area contributed by atoms with Gasteiger partial charge in [-0.25, -0.2) is 0 Å². The van der Waals surface area contributed by atoms with Crippen LogP contribution in [0.15, 0.2) is 77.7 Å². The van der Waals surface area contributed by atoms with Gasteiger partial charge in [-0.2, -0.15) is 0 Å². The summed E-state index contributed by atoms with van der Waals surface area (Å²) in [6, 6.07) is 22.6. The first-order valence-electron chi connectivity index (χ1n) is 10.1. The van der Waals surface area contributed by atoms with Crippen LogP contribution in [0, 0.1) is 0 Å². The van der Waals surface area contributed by atoms with Gasteiger partial charge < -0.3 is 10.6 Å². The van der Waals surface area contributed by atoms with Crippen LogP contribution in [0.1, 0.15) is 30.9 Å². The molecule has 0 fully saturated rings. The number of carbonyl (C=O) groups excluding carboxylic acids is 2. The number of hydrogen-bond donors (Lipinski definition) is 2. The summed E-state index contributed by atoms with van der Waals surface area (Å²) in [4.78, 5) is 25.5. The molecule has 6 heteroatoms. The Hall–Kier alpha value is -2.76. The minimum Gasteiger partial charge on any atom is -0.326 e. The highest BCUT2D eigenvalue weighted by atomic mass is 35.5. The molecule has 0 atom stereocenters. The second-order valence-electron chi connectivity index (χ2n) is 7.49. The largest absolute Gasteiger partial charge is 0.326 e. The molecule has 0 aliphatic heterocycles. The van der Waals surface area contributed by atoms with Gasteiger partial charge in [0.1, 0.15) is 0 Å². The van der Waals surface area contributed by atoms with Gasteiger partial charge in [-0.15, -0.1) is 11.8 Å². The fraction of sp³-hybridized carbons (Fsp3) is 0.200. The number of hydrogen-bond acceptors (Lipinski definition) is 3. The molecule has 31 heavy (non-hydrogen) atoms. The zero-order valence-corrected chi connectivity index (χ0v) is 19.1. The number of benzene rings is 3. The maximum Gasteiger partial charge on any atom is 0.234 e. The van der Waals surface area contributed by atoms with Gasteiger partial charge in [0.05, 0.1) is 12.2 Å². The Morgan fingerprint density at radius 1 is 0.871 bits per heavy atom. The minimum absolute atomic E-state index is 0.0699. The Morgan fingerprint density at radius 3 is 2.23 bits per heavy atom. The molecule has 0 bridgehead atoms. The van der Waals surface area contributed by atoms with Gasteiger partial charge in [0.25, 0.3) is 0 Å². The van der Waals surface area contributed by atoms with Crippen molar-refractivity contribution in [3.05, 3.63) is 88.9 Å². The van der Waals surface area contributed by atoms with Crippen LogP contribution in [0.3, 0.4) is 0 Å². The van der Waals surface area contributed by atoms with Crippen LogP contribution in [0.2, 0.25) is 5.02 Å². The summed E-state index contributed by atoms with van der Waals surface area (Å²) in [5, 5.41) is 6.46. The third-order valence-electron chi connectivity index (χ3n) is 4.63. The van der Waals surface area contributed by atoms with E-state index in [2.05, 4.69) is 24.5 Å². The van der Waals surface area contributed by atoms with Crippen LogP contribution in [-0.4, -0.2) is 17.6 Å². The lowest BCUT2D eigenvalue weighted by Crippen LogP contribution is -2.15. The van der Waals surface area contributed by atoms with E-state index in [1.54, 1.807) is 12.1 Å². The van der Waals surface area contributed by atoms with Crippen molar-refractivity contribution >= 4 is 46.6 Å². The molecule has 0 spiro atoms. The lowest BCUT2D eigenvalue weighted by atomic mass is 10.0. The van der Waals surface area contributed by atoms with E-state index < -0.39 is 0 Å². The quantitative estimate of drug-likeness (QED) is 0.390. The molecule has 0 radical (unpaired) electrons. The third kappa shape index (κ3) is 7.46. The van der Waals surface area contributed by atoms with Gasteiger partial charge in [0.2, 0.25) is 11.8 Å². The number of anilines is 2. The van der Waals surface area contributed by atoms with Gasteiger partial charge in [-0.3, -0.25) is 9.59 Å². The minimum atomic E-state index is -0.105. The van der Waals surface area contributed by atoms with E-state index in [1.165, 1.54) is 17.3 Å². The molecular formula is C25H25ClN2O2S. The first kappa shape index (κ1) is 22.9. The number of carbonyl (C=O) groups is 2. The topological polar surface area (TPSA) is 58.2 Å². The second-order valence-corrected chi connectivity index (χ2v) is 8.98. The van der Waals surface area contributed by atoms with Gasteiger partial charge >= 0.3 is 0 Å². The van der Waals surface area contributed by atoms with Crippen molar-refractivity contribution in [2.75, 3.05) is 16.4 Å². The number of thioether (sulfide) groups is 1. The molecule has 0 heterocycles. The number of rotatable bonds is 8.